The molecule has 0 unspecified atom stereocenters. The number of carbonyl (C=O) groups is 2. The van der Waals surface area contributed by atoms with Crippen LogP contribution in [0.3, 0.4) is 0 Å². The van der Waals surface area contributed by atoms with Crippen molar-refractivity contribution >= 4 is 57.4 Å². The normalized spacial score (nSPS) is 10.8. The Hall–Kier alpha value is -4.13. The maximum absolute atomic E-state index is 12.6. The molecular weight excluding hydrogens is 483 g/mol. The van der Waals surface area contributed by atoms with E-state index in [0.29, 0.717) is 38.4 Å². The number of anilines is 2. The van der Waals surface area contributed by atoms with Crippen LogP contribution < -0.4 is 10.6 Å². The van der Waals surface area contributed by atoms with Crippen LogP contribution in [0.4, 0.5) is 11.4 Å². The topological polar surface area (TPSA) is 86.9 Å². The molecule has 0 fully saturated rings. The number of amides is 2. The molecule has 0 bridgehead atoms. The first-order valence-corrected chi connectivity index (χ1v) is 11.4. The van der Waals surface area contributed by atoms with E-state index in [1.165, 1.54) is 0 Å². The van der Waals surface area contributed by atoms with Crippen LogP contribution in [0.1, 0.15) is 20.7 Å². The van der Waals surface area contributed by atoms with E-state index < -0.39 is 0 Å². The molecule has 0 atom stereocenters. The Morgan fingerprint density at radius 2 is 1.17 bits per heavy atom. The number of hydrogen-bond donors (Lipinski definition) is 3. The fraction of sp³-hybridized carbons (Fsp3) is 0. The van der Waals surface area contributed by atoms with Crippen molar-refractivity contribution in [2.75, 3.05) is 10.6 Å². The highest BCUT2D eigenvalue weighted by Gasteiger charge is 2.11. The number of fused-ring (bicyclic) bond motifs is 1. The summed E-state index contributed by atoms with van der Waals surface area (Å²) in [5, 5.41) is 6.89. The number of halogens is 2. The molecule has 6 nitrogen and oxygen atoms in total. The highest BCUT2D eigenvalue weighted by molar-refractivity contribution is 6.31. The average molecular weight is 501 g/mol. The number of aromatic nitrogens is 2. The van der Waals surface area contributed by atoms with Gasteiger partial charge in [0.2, 0.25) is 0 Å². The minimum atomic E-state index is -0.230. The summed E-state index contributed by atoms with van der Waals surface area (Å²) in [7, 11) is 0. The van der Waals surface area contributed by atoms with Crippen molar-refractivity contribution in [2.24, 2.45) is 0 Å². The van der Waals surface area contributed by atoms with Crippen LogP contribution in [-0.2, 0) is 0 Å². The number of rotatable bonds is 5. The van der Waals surface area contributed by atoms with E-state index in [-0.39, 0.29) is 11.8 Å². The molecule has 172 valence electrons. The fourth-order valence-corrected chi connectivity index (χ4v) is 3.79. The molecule has 3 N–H and O–H groups in total. The van der Waals surface area contributed by atoms with Gasteiger partial charge in [-0.15, -0.1) is 0 Å². The van der Waals surface area contributed by atoms with Gasteiger partial charge < -0.3 is 15.6 Å². The van der Waals surface area contributed by atoms with Gasteiger partial charge in [0.15, 0.2) is 0 Å². The maximum atomic E-state index is 12.6. The summed E-state index contributed by atoms with van der Waals surface area (Å²) in [6, 6.07) is 26.2. The zero-order valence-electron chi connectivity index (χ0n) is 18.2. The monoisotopic (exact) mass is 500 g/mol. The van der Waals surface area contributed by atoms with Gasteiger partial charge in [0.1, 0.15) is 5.82 Å². The quantitative estimate of drug-likeness (QED) is 0.241. The van der Waals surface area contributed by atoms with Crippen LogP contribution >= 0.6 is 23.2 Å². The number of nitrogens with one attached hydrogen (secondary N) is 3. The number of benzene rings is 4. The first kappa shape index (κ1) is 22.7. The summed E-state index contributed by atoms with van der Waals surface area (Å²) in [5.41, 5.74) is 4.67. The number of carbonyl (C=O) groups excluding carboxylic acids is 2. The maximum Gasteiger partial charge on any atom is 0.255 e. The Morgan fingerprint density at radius 3 is 1.80 bits per heavy atom. The number of nitrogens with zero attached hydrogens (tertiary/aromatic N) is 1. The largest absolute Gasteiger partial charge is 0.338 e. The summed E-state index contributed by atoms with van der Waals surface area (Å²) in [6.45, 7) is 0. The standard InChI is InChI=1S/C27H18Cl2N4O2/c28-19-6-1-17(2-7-19)26(34)30-21-10-3-16(4-11-21)25-32-23-14-5-18(15-24(23)33-25)27(35)31-22-12-8-20(29)9-13-22/h1-15H,(H,30,34)(H,31,35)(H,32,33). The predicted molar refractivity (Wildman–Crippen MR) is 140 cm³/mol. The van der Waals surface area contributed by atoms with Gasteiger partial charge >= 0.3 is 0 Å². The minimum Gasteiger partial charge on any atom is -0.338 e. The Labute approximate surface area is 210 Å². The number of H-pyrrole nitrogens is 1. The van der Waals surface area contributed by atoms with E-state index in [2.05, 4.69) is 20.6 Å². The molecule has 0 saturated carbocycles. The van der Waals surface area contributed by atoms with Crippen molar-refractivity contribution in [3.63, 3.8) is 0 Å². The molecule has 1 heterocycles. The van der Waals surface area contributed by atoms with E-state index in [9.17, 15) is 9.59 Å². The molecule has 0 aliphatic heterocycles. The SMILES string of the molecule is O=C(Nc1ccc(-c2nc3ccc(C(=O)Nc4ccc(Cl)cc4)cc3[nH]2)cc1)c1ccc(Cl)cc1. The minimum absolute atomic E-state index is 0.220. The van der Waals surface area contributed by atoms with Crippen LogP contribution in [0.2, 0.25) is 10.0 Å². The summed E-state index contributed by atoms with van der Waals surface area (Å²) in [4.78, 5) is 32.9. The summed E-state index contributed by atoms with van der Waals surface area (Å²) in [5.74, 6) is 0.208. The highest BCUT2D eigenvalue weighted by atomic mass is 35.5. The first-order chi connectivity index (χ1) is 16.9. The van der Waals surface area contributed by atoms with E-state index in [4.69, 9.17) is 23.2 Å². The van der Waals surface area contributed by atoms with Crippen LogP contribution in [0.25, 0.3) is 22.4 Å². The molecule has 0 aliphatic carbocycles. The van der Waals surface area contributed by atoms with E-state index in [1.807, 2.05) is 12.1 Å². The summed E-state index contributed by atoms with van der Waals surface area (Å²) >= 11 is 11.8. The second kappa shape index (κ2) is 9.62. The zero-order chi connectivity index (χ0) is 24.4. The van der Waals surface area contributed by atoms with Crippen LogP contribution in [-0.4, -0.2) is 21.8 Å². The molecule has 0 aliphatic rings. The van der Waals surface area contributed by atoms with E-state index in [0.717, 1.165) is 16.6 Å². The predicted octanol–water partition coefficient (Wildman–Crippen LogP) is 7.04. The number of imidazole rings is 1. The van der Waals surface area contributed by atoms with E-state index >= 15 is 0 Å². The zero-order valence-corrected chi connectivity index (χ0v) is 19.7. The summed E-state index contributed by atoms with van der Waals surface area (Å²) < 4.78 is 0. The lowest BCUT2D eigenvalue weighted by atomic mass is 10.1. The van der Waals surface area contributed by atoms with Gasteiger partial charge in [0.25, 0.3) is 11.8 Å². The van der Waals surface area contributed by atoms with Crippen molar-refractivity contribution in [1.29, 1.82) is 0 Å². The van der Waals surface area contributed by atoms with Gasteiger partial charge in [0.05, 0.1) is 11.0 Å². The van der Waals surface area contributed by atoms with Crippen molar-refractivity contribution in [1.82, 2.24) is 9.97 Å². The van der Waals surface area contributed by atoms with Gasteiger partial charge in [-0.3, -0.25) is 9.59 Å². The molecule has 0 spiro atoms. The molecule has 4 aromatic carbocycles. The Bertz CT molecular complexity index is 1530. The van der Waals surface area contributed by atoms with Gasteiger partial charge in [-0.05, 0) is 91.0 Å². The molecule has 1 aromatic heterocycles. The Morgan fingerprint density at radius 1 is 0.657 bits per heavy atom. The highest BCUT2D eigenvalue weighted by Crippen LogP contribution is 2.24. The molecule has 5 aromatic rings. The molecule has 5 rings (SSSR count). The lowest BCUT2D eigenvalue weighted by Crippen LogP contribution is -2.11. The average Bonchev–Trinajstić information content (AvgIpc) is 3.30. The van der Waals surface area contributed by atoms with Gasteiger partial charge in [-0.2, -0.15) is 0 Å². The molecule has 8 heteroatoms. The Balaban J connectivity index is 1.30. The third kappa shape index (κ3) is 5.19. The van der Waals surface area contributed by atoms with Gasteiger partial charge in [0, 0.05) is 38.1 Å². The lowest BCUT2D eigenvalue weighted by Gasteiger charge is -2.06. The second-order valence-electron chi connectivity index (χ2n) is 7.82. The third-order valence-electron chi connectivity index (χ3n) is 5.37. The van der Waals surface area contributed by atoms with Crippen LogP contribution in [0.5, 0.6) is 0 Å². The number of aromatic amines is 1. The van der Waals surface area contributed by atoms with Crippen LogP contribution in [0, 0.1) is 0 Å². The molecule has 0 radical (unpaired) electrons. The van der Waals surface area contributed by atoms with Crippen molar-refractivity contribution < 1.29 is 9.59 Å². The first-order valence-electron chi connectivity index (χ1n) is 10.7. The van der Waals surface area contributed by atoms with Gasteiger partial charge in [-0.1, -0.05) is 23.2 Å². The second-order valence-corrected chi connectivity index (χ2v) is 8.69. The Kier molecular flexibility index (Phi) is 6.23. The van der Waals surface area contributed by atoms with Gasteiger partial charge in [-0.25, -0.2) is 4.98 Å². The lowest BCUT2D eigenvalue weighted by molar-refractivity contribution is 0.101. The molecule has 0 saturated heterocycles. The smallest absolute Gasteiger partial charge is 0.255 e. The molecule has 2 amide bonds. The fourth-order valence-electron chi connectivity index (χ4n) is 3.54. The number of hydrogen-bond acceptors (Lipinski definition) is 3. The van der Waals surface area contributed by atoms with Crippen molar-refractivity contribution in [2.45, 2.75) is 0 Å². The van der Waals surface area contributed by atoms with Crippen LogP contribution in [0.15, 0.2) is 91.0 Å². The van der Waals surface area contributed by atoms with Crippen molar-refractivity contribution in [3.05, 3.63) is 112 Å². The van der Waals surface area contributed by atoms with Crippen molar-refractivity contribution in [3.8, 4) is 11.4 Å². The molecule has 35 heavy (non-hydrogen) atoms. The third-order valence-corrected chi connectivity index (χ3v) is 5.87. The summed E-state index contributed by atoms with van der Waals surface area (Å²) in [6.07, 6.45) is 0. The van der Waals surface area contributed by atoms with E-state index in [1.54, 1.807) is 78.9 Å². The molecular formula is C27H18Cl2N4O2.